The molecule has 0 atom stereocenters. The van der Waals surface area contributed by atoms with Crippen LogP contribution in [0.4, 0.5) is 8.78 Å². The van der Waals surface area contributed by atoms with E-state index < -0.39 is 11.6 Å². The number of hydrogen-bond donors (Lipinski definition) is 2. The molecule has 1 heterocycles. The summed E-state index contributed by atoms with van der Waals surface area (Å²) in [5, 5.41) is 14.6. The zero-order chi connectivity index (χ0) is 22.2. The number of aromatic nitrogens is 3. The number of ether oxygens (including phenoxy) is 1. The van der Waals surface area contributed by atoms with Crippen molar-refractivity contribution in [3.63, 3.8) is 0 Å². The minimum absolute atomic E-state index is 0.000689. The molecule has 31 heavy (non-hydrogen) atoms. The Hall–Kier alpha value is -3.49. The largest absolute Gasteiger partial charge is 0.497 e. The van der Waals surface area contributed by atoms with Gasteiger partial charge >= 0.3 is 0 Å². The van der Waals surface area contributed by atoms with Crippen molar-refractivity contribution >= 4 is 5.96 Å². The van der Waals surface area contributed by atoms with E-state index in [4.69, 9.17) is 4.74 Å². The van der Waals surface area contributed by atoms with Gasteiger partial charge in [0.15, 0.2) is 11.8 Å². The van der Waals surface area contributed by atoms with Gasteiger partial charge in [0, 0.05) is 19.2 Å². The molecular weight excluding hydrogens is 402 g/mol. The minimum Gasteiger partial charge on any atom is -0.497 e. The number of benzene rings is 2. The fraction of sp³-hybridized carbons (Fsp3) is 0.318. The molecule has 0 saturated carbocycles. The number of guanidine groups is 1. The van der Waals surface area contributed by atoms with Crippen LogP contribution in [-0.4, -0.2) is 34.4 Å². The summed E-state index contributed by atoms with van der Waals surface area (Å²) >= 11 is 0. The van der Waals surface area contributed by atoms with Crippen LogP contribution >= 0.6 is 0 Å². The van der Waals surface area contributed by atoms with Crippen LogP contribution in [0.25, 0.3) is 0 Å². The first-order valence-corrected chi connectivity index (χ1v) is 9.90. The predicted octanol–water partition coefficient (Wildman–Crippen LogP) is 2.89. The standard InChI is InChI=1S/C22H26F2N6O/c1-15-28-29-21(30(15)2)14-27-22(26-13-17-12-18(23)6-9-20(17)24)25-11-10-16-4-7-19(31-3)8-5-16/h4-9,12H,10-11,13-14H2,1-3H3,(H2,25,26,27). The molecule has 2 aromatic carbocycles. The van der Waals surface area contributed by atoms with Gasteiger partial charge in [0.1, 0.15) is 23.2 Å². The predicted molar refractivity (Wildman–Crippen MR) is 115 cm³/mol. The molecular formula is C22H26F2N6O. The zero-order valence-corrected chi connectivity index (χ0v) is 17.8. The number of aryl methyl sites for hydroxylation is 1. The second-order valence-corrected chi connectivity index (χ2v) is 7.00. The van der Waals surface area contributed by atoms with Crippen LogP contribution in [0.15, 0.2) is 47.5 Å². The molecule has 2 N–H and O–H groups in total. The second kappa shape index (κ2) is 10.5. The zero-order valence-electron chi connectivity index (χ0n) is 17.8. The first-order valence-electron chi connectivity index (χ1n) is 9.90. The molecule has 164 valence electrons. The van der Waals surface area contributed by atoms with E-state index in [1.807, 2.05) is 42.8 Å². The Labute approximate surface area is 180 Å². The Morgan fingerprint density at radius 2 is 1.87 bits per heavy atom. The first kappa shape index (κ1) is 22.2. The van der Waals surface area contributed by atoms with Crippen molar-refractivity contribution in [2.45, 2.75) is 26.4 Å². The molecule has 0 bridgehead atoms. The number of methoxy groups -OCH3 is 1. The number of rotatable bonds is 8. The van der Waals surface area contributed by atoms with Gasteiger partial charge in [0.05, 0.1) is 20.2 Å². The number of aliphatic imine (C=N–C) groups is 1. The SMILES string of the molecule is COc1ccc(CCNC(=NCc2cc(F)ccc2F)NCc2nnc(C)n2C)cc1. The normalized spacial score (nSPS) is 11.5. The highest BCUT2D eigenvalue weighted by Gasteiger charge is 2.08. The van der Waals surface area contributed by atoms with Gasteiger partial charge in [-0.05, 0) is 49.2 Å². The third-order valence-corrected chi connectivity index (χ3v) is 4.88. The maximum Gasteiger partial charge on any atom is 0.191 e. The van der Waals surface area contributed by atoms with E-state index in [1.165, 1.54) is 0 Å². The Kier molecular flexibility index (Phi) is 7.53. The lowest BCUT2D eigenvalue weighted by Crippen LogP contribution is -2.38. The van der Waals surface area contributed by atoms with Crippen LogP contribution in [0, 0.1) is 18.6 Å². The van der Waals surface area contributed by atoms with E-state index in [0.29, 0.717) is 19.0 Å². The molecule has 0 amide bonds. The van der Waals surface area contributed by atoms with Gasteiger partial charge in [0.2, 0.25) is 0 Å². The second-order valence-electron chi connectivity index (χ2n) is 7.00. The molecule has 0 saturated heterocycles. The maximum atomic E-state index is 14.0. The van der Waals surface area contributed by atoms with Gasteiger partial charge in [0.25, 0.3) is 0 Å². The minimum atomic E-state index is -0.497. The van der Waals surface area contributed by atoms with Crippen molar-refractivity contribution in [3.05, 3.63) is 76.9 Å². The van der Waals surface area contributed by atoms with E-state index in [1.54, 1.807) is 7.11 Å². The van der Waals surface area contributed by atoms with E-state index in [9.17, 15) is 8.78 Å². The van der Waals surface area contributed by atoms with Gasteiger partial charge in [-0.3, -0.25) is 0 Å². The van der Waals surface area contributed by atoms with E-state index in [0.717, 1.165) is 47.6 Å². The van der Waals surface area contributed by atoms with Gasteiger partial charge in [-0.15, -0.1) is 10.2 Å². The van der Waals surface area contributed by atoms with Crippen molar-refractivity contribution in [2.75, 3.05) is 13.7 Å². The van der Waals surface area contributed by atoms with Crippen molar-refractivity contribution in [3.8, 4) is 5.75 Å². The van der Waals surface area contributed by atoms with Crippen LogP contribution in [0.1, 0.15) is 22.8 Å². The number of nitrogens with zero attached hydrogens (tertiary/aromatic N) is 4. The fourth-order valence-electron chi connectivity index (χ4n) is 2.89. The number of nitrogens with one attached hydrogen (secondary N) is 2. The maximum absolute atomic E-state index is 14.0. The molecule has 0 unspecified atom stereocenters. The van der Waals surface area contributed by atoms with Crippen LogP contribution < -0.4 is 15.4 Å². The summed E-state index contributed by atoms with van der Waals surface area (Å²) in [6.45, 7) is 2.85. The highest BCUT2D eigenvalue weighted by atomic mass is 19.1. The highest BCUT2D eigenvalue weighted by molar-refractivity contribution is 5.79. The third-order valence-electron chi connectivity index (χ3n) is 4.88. The Morgan fingerprint density at radius 1 is 1.10 bits per heavy atom. The van der Waals surface area contributed by atoms with E-state index in [-0.39, 0.29) is 12.1 Å². The van der Waals surface area contributed by atoms with Crippen LogP contribution in [0.2, 0.25) is 0 Å². The highest BCUT2D eigenvalue weighted by Crippen LogP contribution is 2.12. The van der Waals surface area contributed by atoms with E-state index >= 15 is 0 Å². The van der Waals surface area contributed by atoms with Crippen LogP contribution in [-0.2, 0) is 26.6 Å². The molecule has 9 heteroatoms. The van der Waals surface area contributed by atoms with Gasteiger partial charge in [-0.1, -0.05) is 12.1 Å². The van der Waals surface area contributed by atoms with Crippen molar-refractivity contribution in [1.82, 2.24) is 25.4 Å². The molecule has 0 aliphatic rings. The molecule has 3 aromatic rings. The van der Waals surface area contributed by atoms with Gasteiger partial charge in [-0.2, -0.15) is 0 Å². The van der Waals surface area contributed by atoms with E-state index in [2.05, 4.69) is 25.8 Å². The topological polar surface area (TPSA) is 76.4 Å². The summed E-state index contributed by atoms with van der Waals surface area (Å²) < 4.78 is 34.5. The summed E-state index contributed by atoms with van der Waals surface area (Å²) in [6, 6.07) is 11.2. The molecule has 0 radical (unpaired) electrons. The van der Waals surface area contributed by atoms with Gasteiger partial charge < -0.3 is 19.9 Å². The lowest BCUT2D eigenvalue weighted by molar-refractivity contribution is 0.414. The van der Waals surface area contributed by atoms with Gasteiger partial charge in [-0.25, -0.2) is 13.8 Å². The lowest BCUT2D eigenvalue weighted by Gasteiger charge is -2.13. The number of halogens is 2. The summed E-state index contributed by atoms with van der Waals surface area (Å²) in [7, 11) is 3.51. The Bertz CT molecular complexity index is 1030. The number of hydrogen-bond acceptors (Lipinski definition) is 4. The first-order chi connectivity index (χ1) is 15.0. The molecule has 0 spiro atoms. The summed E-state index contributed by atoms with van der Waals surface area (Å²) in [6.07, 6.45) is 0.752. The van der Waals surface area contributed by atoms with Crippen molar-refractivity contribution in [2.24, 2.45) is 12.0 Å². The molecule has 0 fully saturated rings. The average Bonchev–Trinajstić information content (AvgIpc) is 3.10. The Balaban J connectivity index is 1.66. The quantitative estimate of drug-likeness (QED) is 0.426. The molecule has 7 nitrogen and oxygen atoms in total. The summed E-state index contributed by atoms with van der Waals surface area (Å²) in [5.41, 5.74) is 1.32. The monoisotopic (exact) mass is 428 g/mol. The van der Waals surface area contributed by atoms with Crippen molar-refractivity contribution in [1.29, 1.82) is 0 Å². The fourth-order valence-corrected chi connectivity index (χ4v) is 2.89. The molecule has 1 aromatic heterocycles. The molecule has 0 aliphatic heterocycles. The molecule has 3 rings (SSSR count). The summed E-state index contributed by atoms with van der Waals surface area (Å²) in [5.74, 6) is 1.81. The smallest absolute Gasteiger partial charge is 0.191 e. The summed E-state index contributed by atoms with van der Waals surface area (Å²) in [4.78, 5) is 4.42. The molecule has 0 aliphatic carbocycles. The van der Waals surface area contributed by atoms with Crippen molar-refractivity contribution < 1.29 is 13.5 Å². The average molecular weight is 428 g/mol. The van der Waals surface area contributed by atoms with Crippen LogP contribution in [0.5, 0.6) is 5.75 Å². The lowest BCUT2D eigenvalue weighted by atomic mass is 10.1. The third kappa shape index (κ3) is 6.24. The van der Waals surface area contributed by atoms with Crippen LogP contribution in [0.3, 0.4) is 0 Å². The Morgan fingerprint density at radius 3 is 2.55 bits per heavy atom.